The van der Waals surface area contributed by atoms with E-state index < -0.39 is 0 Å². The summed E-state index contributed by atoms with van der Waals surface area (Å²) in [5, 5.41) is 6.83. The van der Waals surface area contributed by atoms with Gasteiger partial charge < -0.3 is 14.7 Å². The number of anilines is 1. The van der Waals surface area contributed by atoms with E-state index in [2.05, 4.69) is 20.4 Å². The number of hydrogen-bond donors (Lipinski definition) is 1. The fraction of sp³-hybridized carbons (Fsp3) is 0.360. The topological polar surface area (TPSA) is 91.6 Å². The molecule has 8 nitrogen and oxygen atoms in total. The molecule has 0 spiro atoms. The van der Waals surface area contributed by atoms with E-state index in [0.29, 0.717) is 55.8 Å². The molecule has 34 heavy (non-hydrogen) atoms. The molecule has 2 amide bonds. The maximum absolute atomic E-state index is 12.9. The normalized spacial score (nSPS) is 14.3. The molecule has 2 heterocycles. The largest absolute Gasteiger partial charge is 0.338 e. The number of hydrogen-bond acceptors (Lipinski definition) is 7. The van der Waals surface area contributed by atoms with Gasteiger partial charge in [-0.1, -0.05) is 23.4 Å². The van der Waals surface area contributed by atoms with Crippen molar-refractivity contribution in [2.24, 2.45) is 0 Å². The molecule has 1 aliphatic heterocycles. The lowest BCUT2D eigenvalue weighted by Crippen LogP contribution is -2.50. The van der Waals surface area contributed by atoms with Gasteiger partial charge in [0.25, 0.3) is 5.91 Å². The summed E-state index contributed by atoms with van der Waals surface area (Å²) >= 11 is 1.59. The number of rotatable bonds is 7. The maximum Gasteiger partial charge on any atom is 0.253 e. The Morgan fingerprint density at radius 3 is 2.29 bits per heavy atom. The first-order chi connectivity index (χ1) is 16.4. The number of aryl methyl sites for hydroxylation is 3. The summed E-state index contributed by atoms with van der Waals surface area (Å²) in [6.07, 6.45) is 0. The number of para-hydroxylation sites is 1. The van der Waals surface area contributed by atoms with Gasteiger partial charge in [-0.25, -0.2) is 0 Å². The van der Waals surface area contributed by atoms with Crippen molar-refractivity contribution in [3.63, 3.8) is 0 Å². The Bertz CT molecular complexity index is 1130. The first-order valence-corrected chi connectivity index (χ1v) is 12.3. The van der Waals surface area contributed by atoms with Crippen LogP contribution < -0.4 is 5.32 Å². The highest BCUT2D eigenvalue weighted by atomic mass is 32.2. The second-order valence-electron chi connectivity index (χ2n) is 8.43. The molecule has 0 aliphatic carbocycles. The third kappa shape index (κ3) is 6.03. The van der Waals surface area contributed by atoms with Crippen LogP contribution in [0.15, 0.2) is 51.9 Å². The lowest BCUT2D eigenvalue weighted by molar-refractivity contribution is -0.117. The van der Waals surface area contributed by atoms with Gasteiger partial charge in [0.1, 0.15) is 0 Å². The maximum atomic E-state index is 12.9. The fourth-order valence-electron chi connectivity index (χ4n) is 3.92. The van der Waals surface area contributed by atoms with Crippen molar-refractivity contribution in [3.05, 3.63) is 70.9 Å². The highest BCUT2D eigenvalue weighted by Gasteiger charge is 2.23. The van der Waals surface area contributed by atoms with Crippen LogP contribution in [0, 0.1) is 20.8 Å². The zero-order chi connectivity index (χ0) is 24.1. The van der Waals surface area contributed by atoms with Gasteiger partial charge >= 0.3 is 0 Å². The van der Waals surface area contributed by atoms with Crippen molar-refractivity contribution in [2.45, 2.75) is 31.4 Å². The lowest BCUT2D eigenvalue weighted by Gasteiger charge is -2.34. The zero-order valence-corrected chi connectivity index (χ0v) is 20.5. The molecule has 4 rings (SSSR count). The van der Waals surface area contributed by atoms with E-state index in [9.17, 15) is 9.59 Å². The molecule has 2 aromatic carbocycles. The Morgan fingerprint density at radius 1 is 1.00 bits per heavy atom. The van der Waals surface area contributed by atoms with E-state index in [-0.39, 0.29) is 11.8 Å². The number of carbonyl (C=O) groups is 2. The summed E-state index contributed by atoms with van der Waals surface area (Å²) in [6, 6.07) is 13.6. The Hall–Kier alpha value is -3.17. The summed E-state index contributed by atoms with van der Waals surface area (Å²) < 4.78 is 5.13. The molecule has 0 radical (unpaired) electrons. The van der Waals surface area contributed by atoms with E-state index in [4.69, 9.17) is 4.52 Å². The van der Waals surface area contributed by atoms with Gasteiger partial charge in [0, 0.05) is 42.3 Å². The van der Waals surface area contributed by atoms with Crippen molar-refractivity contribution in [3.8, 4) is 0 Å². The first-order valence-electron chi connectivity index (χ1n) is 11.3. The Labute approximate surface area is 203 Å². The third-order valence-electron chi connectivity index (χ3n) is 5.81. The molecule has 1 aliphatic rings. The van der Waals surface area contributed by atoms with E-state index in [1.54, 1.807) is 18.7 Å². The predicted molar refractivity (Wildman–Crippen MR) is 132 cm³/mol. The van der Waals surface area contributed by atoms with Crippen LogP contribution in [-0.4, -0.2) is 64.5 Å². The Kier molecular flexibility index (Phi) is 7.64. The minimum Gasteiger partial charge on any atom is -0.338 e. The average molecular weight is 480 g/mol. The fourth-order valence-corrected chi connectivity index (χ4v) is 4.66. The highest BCUT2D eigenvalue weighted by Crippen LogP contribution is 2.23. The number of aromatic nitrogens is 2. The lowest BCUT2D eigenvalue weighted by atomic mass is 10.1. The molecule has 178 valence electrons. The quantitative estimate of drug-likeness (QED) is 0.517. The second-order valence-corrected chi connectivity index (χ2v) is 9.48. The molecule has 1 aromatic heterocycles. The number of amides is 2. The molecule has 0 atom stereocenters. The van der Waals surface area contributed by atoms with Gasteiger partial charge in [-0.3, -0.25) is 14.5 Å². The van der Waals surface area contributed by atoms with Crippen LogP contribution in [0.2, 0.25) is 0 Å². The number of benzene rings is 2. The minimum absolute atomic E-state index is 0.0173. The summed E-state index contributed by atoms with van der Waals surface area (Å²) in [7, 11) is 0. The van der Waals surface area contributed by atoms with E-state index >= 15 is 0 Å². The number of nitrogens with one attached hydrogen (secondary N) is 1. The number of thioether (sulfide) groups is 1. The molecule has 1 N–H and O–H groups in total. The standard InChI is InChI=1S/C25H29N5O3S/c1-17-5-4-6-18(2)24(17)27-22(31)15-29-11-13-30(14-12-29)25(32)20-7-9-21(10-8-20)34-16-23-26-19(3)28-33-23/h4-10H,11-16H2,1-3H3,(H,27,31). The van der Waals surface area contributed by atoms with Gasteiger partial charge in [-0.05, 0) is 56.2 Å². The van der Waals surface area contributed by atoms with Crippen molar-refractivity contribution < 1.29 is 14.1 Å². The van der Waals surface area contributed by atoms with E-state index in [1.807, 2.05) is 61.2 Å². The van der Waals surface area contributed by atoms with Gasteiger partial charge in [0.05, 0.1) is 12.3 Å². The molecular formula is C25H29N5O3S. The van der Waals surface area contributed by atoms with Crippen LogP contribution in [0.5, 0.6) is 0 Å². The van der Waals surface area contributed by atoms with Crippen molar-refractivity contribution in [2.75, 3.05) is 38.0 Å². The first kappa shape index (κ1) is 24.0. The molecule has 0 saturated carbocycles. The predicted octanol–water partition coefficient (Wildman–Crippen LogP) is 3.68. The summed E-state index contributed by atoms with van der Waals surface area (Å²) in [4.78, 5) is 34.6. The van der Waals surface area contributed by atoms with Crippen LogP contribution in [0.4, 0.5) is 5.69 Å². The van der Waals surface area contributed by atoms with Crippen molar-refractivity contribution in [1.29, 1.82) is 0 Å². The van der Waals surface area contributed by atoms with E-state index in [1.165, 1.54) is 0 Å². The summed E-state index contributed by atoms with van der Waals surface area (Å²) in [5.41, 5.74) is 3.66. The van der Waals surface area contributed by atoms with Gasteiger partial charge in [-0.2, -0.15) is 4.98 Å². The van der Waals surface area contributed by atoms with Crippen LogP contribution in [0.1, 0.15) is 33.2 Å². The number of carbonyl (C=O) groups excluding carboxylic acids is 2. The number of nitrogens with zero attached hydrogens (tertiary/aromatic N) is 4. The smallest absolute Gasteiger partial charge is 0.253 e. The van der Waals surface area contributed by atoms with Gasteiger partial charge in [-0.15, -0.1) is 11.8 Å². The van der Waals surface area contributed by atoms with Crippen LogP contribution in [0.25, 0.3) is 0 Å². The summed E-state index contributed by atoms with van der Waals surface area (Å²) in [5.74, 6) is 1.79. The molecule has 1 fully saturated rings. The molecule has 0 bridgehead atoms. The Morgan fingerprint density at radius 2 is 1.68 bits per heavy atom. The minimum atomic E-state index is -0.0269. The van der Waals surface area contributed by atoms with Crippen molar-refractivity contribution >= 4 is 29.3 Å². The number of piperazine rings is 1. The SMILES string of the molecule is Cc1noc(CSc2ccc(C(=O)N3CCN(CC(=O)Nc4c(C)cccc4C)CC3)cc2)n1. The molecule has 9 heteroatoms. The van der Waals surface area contributed by atoms with Gasteiger partial charge in [0.15, 0.2) is 5.82 Å². The average Bonchev–Trinajstić information content (AvgIpc) is 3.26. The van der Waals surface area contributed by atoms with Crippen LogP contribution in [-0.2, 0) is 10.5 Å². The Balaban J connectivity index is 1.24. The third-order valence-corrected chi connectivity index (χ3v) is 6.80. The monoisotopic (exact) mass is 479 g/mol. The van der Waals surface area contributed by atoms with Crippen LogP contribution in [0.3, 0.4) is 0 Å². The molecular weight excluding hydrogens is 450 g/mol. The van der Waals surface area contributed by atoms with Crippen molar-refractivity contribution in [1.82, 2.24) is 19.9 Å². The molecule has 3 aromatic rings. The highest BCUT2D eigenvalue weighted by molar-refractivity contribution is 7.98. The molecule has 0 unspecified atom stereocenters. The van der Waals surface area contributed by atoms with Gasteiger partial charge in [0.2, 0.25) is 11.8 Å². The zero-order valence-electron chi connectivity index (χ0n) is 19.7. The second kappa shape index (κ2) is 10.8. The summed E-state index contributed by atoms with van der Waals surface area (Å²) in [6.45, 7) is 8.64. The van der Waals surface area contributed by atoms with Crippen LogP contribution >= 0.6 is 11.8 Å². The molecule has 1 saturated heterocycles. The van der Waals surface area contributed by atoms with E-state index in [0.717, 1.165) is 21.7 Å².